The highest BCUT2D eigenvalue weighted by molar-refractivity contribution is 7.16. The average molecular weight is 246 g/mol. The number of hydrogen-bond donors (Lipinski definition) is 1. The molecule has 0 radical (unpaired) electrons. The van der Waals surface area contributed by atoms with E-state index in [0.29, 0.717) is 12.6 Å². The highest BCUT2D eigenvalue weighted by Crippen LogP contribution is 2.28. The molecular formula is C11H16ClNOS. The molecule has 0 bridgehead atoms. The number of ketones is 1. The van der Waals surface area contributed by atoms with E-state index in [2.05, 4.69) is 19.2 Å². The first kappa shape index (κ1) is 12.7. The molecule has 1 unspecified atom stereocenters. The van der Waals surface area contributed by atoms with Crippen molar-refractivity contribution in [1.29, 1.82) is 0 Å². The predicted octanol–water partition coefficient (Wildman–Crippen LogP) is 3.07. The monoisotopic (exact) mass is 245 g/mol. The zero-order chi connectivity index (χ0) is 11.4. The Balaban J connectivity index is 2.70. The Morgan fingerprint density at radius 3 is 2.60 bits per heavy atom. The fourth-order valence-corrected chi connectivity index (χ4v) is 2.53. The molecule has 84 valence electrons. The van der Waals surface area contributed by atoms with Crippen molar-refractivity contribution in [3.05, 3.63) is 21.3 Å². The normalized spacial score (nSPS) is 13.1. The maximum atomic E-state index is 11.5. The quantitative estimate of drug-likeness (QED) is 0.864. The molecule has 2 nitrogen and oxygen atoms in total. The molecule has 1 rings (SSSR count). The SMILES string of the molecule is CC(=O)C(CNC(C)C)c1ccc(Cl)s1. The summed E-state index contributed by atoms with van der Waals surface area (Å²) in [6, 6.07) is 4.16. The topological polar surface area (TPSA) is 29.1 Å². The maximum absolute atomic E-state index is 11.5. The largest absolute Gasteiger partial charge is 0.313 e. The van der Waals surface area contributed by atoms with Gasteiger partial charge >= 0.3 is 0 Å². The average Bonchev–Trinajstić information content (AvgIpc) is 2.51. The molecule has 0 amide bonds. The van der Waals surface area contributed by atoms with Gasteiger partial charge in [0.15, 0.2) is 0 Å². The van der Waals surface area contributed by atoms with Crippen LogP contribution in [0.3, 0.4) is 0 Å². The first-order valence-electron chi connectivity index (χ1n) is 4.99. The van der Waals surface area contributed by atoms with Crippen molar-refractivity contribution < 1.29 is 4.79 Å². The molecule has 0 saturated carbocycles. The summed E-state index contributed by atoms with van der Waals surface area (Å²) in [5.41, 5.74) is 0. The smallest absolute Gasteiger partial charge is 0.139 e. The summed E-state index contributed by atoms with van der Waals surface area (Å²) in [5, 5.41) is 3.28. The number of nitrogens with one attached hydrogen (secondary N) is 1. The van der Waals surface area contributed by atoms with E-state index in [1.807, 2.05) is 12.1 Å². The Hall–Kier alpha value is -0.380. The van der Waals surface area contributed by atoms with E-state index in [9.17, 15) is 4.79 Å². The van der Waals surface area contributed by atoms with Crippen molar-refractivity contribution in [2.24, 2.45) is 0 Å². The van der Waals surface area contributed by atoms with E-state index in [1.165, 1.54) is 11.3 Å². The van der Waals surface area contributed by atoms with Crippen LogP contribution in [0.2, 0.25) is 4.34 Å². The third-order valence-corrected chi connectivity index (χ3v) is 3.50. The Morgan fingerprint density at radius 1 is 1.53 bits per heavy atom. The van der Waals surface area contributed by atoms with Crippen molar-refractivity contribution in [2.45, 2.75) is 32.7 Å². The molecule has 4 heteroatoms. The molecule has 1 N–H and O–H groups in total. The Labute approximate surface area is 99.6 Å². The highest BCUT2D eigenvalue weighted by atomic mass is 35.5. The summed E-state index contributed by atoms with van der Waals surface area (Å²) in [5.74, 6) is 0.117. The lowest BCUT2D eigenvalue weighted by molar-refractivity contribution is -0.118. The molecule has 0 aliphatic carbocycles. The van der Waals surface area contributed by atoms with Crippen LogP contribution in [0.15, 0.2) is 12.1 Å². The van der Waals surface area contributed by atoms with Gasteiger partial charge in [0, 0.05) is 17.5 Å². The number of carbonyl (C=O) groups is 1. The van der Waals surface area contributed by atoms with Crippen LogP contribution in [0.25, 0.3) is 0 Å². The van der Waals surface area contributed by atoms with Gasteiger partial charge in [0.1, 0.15) is 5.78 Å². The van der Waals surface area contributed by atoms with Crippen molar-refractivity contribution in [2.75, 3.05) is 6.54 Å². The van der Waals surface area contributed by atoms with E-state index < -0.39 is 0 Å². The summed E-state index contributed by atoms with van der Waals surface area (Å²) >= 11 is 7.34. The van der Waals surface area contributed by atoms with Crippen molar-refractivity contribution >= 4 is 28.7 Å². The Morgan fingerprint density at radius 2 is 2.20 bits per heavy atom. The second kappa shape index (κ2) is 5.64. The Bertz CT molecular complexity index is 335. The summed E-state index contributed by atoms with van der Waals surface area (Å²) in [6.07, 6.45) is 0. The standard InChI is InChI=1S/C11H16ClNOS/c1-7(2)13-6-9(8(3)14)10-4-5-11(12)15-10/h4-5,7,9,13H,6H2,1-3H3. The van der Waals surface area contributed by atoms with Crippen LogP contribution in [0.4, 0.5) is 0 Å². The van der Waals surface area contributed by atoms with Crippen molar-refractivity contribution in [3.8, 4) is 0 Å². The molecular weight excluding hydrogens is 230 g/mol. The predicted molar refractivity (Wildman–Crippen MR) is 65.9 cm³/mol. The summed E-state index contributed by atoms with van der Waals surface area (Å²) in [7, 11) is 0. The zero-order valence-electron chi connectivity index (χ0n) is 9.21. The highest BCUT2D eigenvalue weighted by Gasteiger charge is 2.18. The first-order valence-corrected chi connectivity index (χ1v) is 6.19. The molecule has 1 aromatic heterocycles. The minimum Gasteiger partial charge on any atom is -0.313 e. The number of hydrogen-bond acceptors (Lipinski definition) is 3. The molecule has 0 aromatic carbocycles. The summed E-state index contributed by atoms with van der Waals surface area (Å²) in [4.78, 5) is 12.5. The Kier molecular flexibility index (Phi) is 4.77. The number of thiophene rings is 1. The van der Waals surface area contributed by atoms with Gasteiger partial charge in [-0.25, -0.2) is 0 Å². The van der Waals surface area contributed by atoms with Crippen molar-refractivity contribution in [3.63, 3.8) is 0 Å². The maximum Gasteiger partial charge on any atom is 0.139 e. The van der Waals surface area contributed by atoms with Crippen LogP contribution in [0, 0.1) is 0 Å². The summed E-state index contributed by atoms with van der Waals surface area (Å²) in [6.45, 7) is 6.45. The minimum absolute atomic E-state index is 0.0649. The van der Waals surface area contributed by atoms with Crippen molar-refractivity contribution in [1.82, 2.24) is 5.32 Å². The van der Waals surface area contributed by atoms with Gasteiger partial charge in [-0.1, -0.05) is 25.4 Å². The summed E-state index contributed by atoms with van der Waals surface area (Å²) < 4.78 is 0.737. The van der Waals surface area contributed by atoms with Crippen LogP contribution < -0.4 is 5.32 Å². The van der Waals surface area contributed by atoms with Gasteiger partial charge in [-0.2, -0.15) is 0 Å². The number of carbonyl (C=O) groups excluding carboxylic acids is 1. The van der Waals surface area contributed by atoms with Crippen LogP contribution in [0.1, 0.15) is 31.6 Å². The molecule has 0 spiro atoms. The van der Waals surface area contributed by atoms with Crippen LogP contribution in [-0.4, -0.2) is 18.4 Å². The molecule has 1 aromatic rings. The fraction of sp³-hybridized carbons (Fsp3) is 0.545. The molecule has 0 saturated heterocycles. The second-order valence-corrected chi connectivity index (χ2v) is 5.61. The lowest BCUT2D eigenvalue weighted by atomic mass is 10.0. The van der Waals surface area contributed by atoms with Gasteiger partial charge in [-0.3, -0.25) is 4.79 Å². The fourth-order valence-electron chi connectivity index (χ4n) is 1.31. The third kappa shape index (κ3) is 3.93. The third-order valence-electron chi connectivity index (χ3n) is 2.16. The number of halogens is 1. The van der Waals surface area contributed by atoms with Crippen LogP contribution in [-0.2, 0) is 4.79 Å². The second-order valence-electron chi connectivity index (χ2n) is 3.87. The molecule has 0 fully saturated rings. The number of rotatable bonds is 5. The van der Waals surface area contributed by atoms with Crippen LogP contribution >= 0.6 is 22.9 Å². The molecule has 0 aliphatic heterocycles. The van der Waals surface area contributed by atoms with Gasteiger partial charge in [-0.05, 0) is 19.1 Å². The van der Waals surface area contributed by atoms with E-state index in [1.54, 1.807) is 6.92 Å². The zero-order valence-corrected chi connectivity index (χ0v) is 10.8. The molecule has 1 atom stereocenters. The van der Waals surface area contributed by atoms with Gasteiger partial charge in [0.25, 0.3) is 0 Å². The van der Waals surface area contributed by atoms with E-state index in [-0.39, 0.29) is 11.7 Å². The van der Waals surface area contributed by atoms with Gasteiger partial charge in [-0.15, -0.1) is 11.3 Å². The lowest BCUT2D eigenvalue weighted by Crippen LogP contribution is -2.30. The molecule has 15 heavy (non-hydrogen) atoms. The van der Waals surface area contributed by atoms with Crippen LogP contribution in [0.5, 0.6) is 0 Å². The number of Topliss-reactive ketones (excluding diaryl/α,β-unsaturated/α-hetero) is 1. The first-order chi connectivity index (χ1) is 7.00. The molecule has 1 heterocycles. The minimum atomic E-state index is -0.0649. The van der Waals surface area contributed by atoms with E-state index in [0.717, 1.165) is 9.21 Å². The lowest BCUT2D eigenvalue weighted by Gasteiger charge is -2.15. The van der Waals surface area contributed by atoms with E-state index in [4.69, 9.17) is 11.6 Å². The van der Waals surface area contributed by atoms with E-state index >= 15 is 0 Å². The molecule has 0 aliphatic rings. The van der Waals surface area contributed by atoms with Gasteiger partial charge in [0.05, 0.1) is 10.3 Å². The van der Waals surface area contributed by atoms with Gasteiger partial charge in [0.2, 0.25) is 0 Å². The van der Waals surface area contributed by atoms with Gasteiger partial charge < -0.3 is 5.32 Å².